The van der Waals surface area contributed by atoms with Crippen molar-refractivity contribution in [3.8, 4) is 17.3 Å². The molecule has 4 N–H and O–H groups in total. The molecule has 0 bridgehead atoms. The van der Waals surface area contributed by atoms with E-state index in [4.69, 9.17) is 15.7 Å². The molecule has 9 nitrogen and oxygen atoms in total. The summed E-state index contributed by atoms with van der Waals surface area (Å²) in [5.41, 5.74) is 8.48. The minimum Gasteiger partial charge on any atom is -0.379 e. The molecule has 36 heavy (non-hydrogen) atoms. The molecular weight excluding hydrogens is 456 g/mol. The lowest BCUT2D eigenvalue weighted by Gasteiger charge is -2.26. The molecule has 2 heterocycles. The minimum absolute atomic E-state index is 0.179. The number of ether oxygens (including phenoxy) is 1. The van der Waals surface area contributed by atoms with Gasteiger partial charge in [0.05, 0.1) is 36.2 Å². The van der Waals surface area contributed by atoms with Gasteiger partial charge in [-0.2, -0.15) is 5.26 Å². The van der Waals surface area contributed by atoms with Crippen LogP contribution in [0.2, 0.25) is 0 Å². The first-order chi connectivity index (χ1) is 17.5. The minimum atomic E-state index is -0.582. The van der Waals surface area contributed by atoms with E-state index < -0.39 is 5.91 Å². The van der Waals surface area contributed by atoms with Crippen LogP contribution in [0.3, 0.4) is 0 Å². The van der Waals surface area contributed by atoms with Gasteiger partial charge in [-0.05, 0) is 29.7 Å². The van der Waals surface area contributed by atoms with Crippen LogP contribution >= 0.6 is 0 Å². The first-order valence-corrected chi connectivity index (χ1v) is 11.7. The Bertz CT molecular complexity index is 1340. The number of anilines is 1. The average Bonchev–Trinajstić information content (AvgIpc) is 2.91. The number of aromatic nitrogens is 1. The molecule has 1 aliphatic heterocycles. The zero-order chi connectivity index (χ0) is 25.5. The smallest absolute Gasteiger partial charge is 0.269 e. The average molecular weight is 485 g/mol. The number of nitrogens with zero attached hydrogens (tertiary/aromatic N) is 3. The number of nitrogens with one attached hydrogen (secondary N) is 2. The molecule has 3 aromatic rings. The maximum absolute atomic E-state index is 12.7. The zero-order valence-corrected chi connectivity index (χ0v) is 19.9. The van der Waals surface area contributed by atoms with Crippen LogP contribution in [0.4, 0.5) is 5.69 Å². The van der Waals surface area contributed by atoms with Gasteiger partial charge in [0.15, 0.2) is 0 Å². The van der Waals surface area contributed by atoms with Gasteiger partial charge < -0.3 is 21.1 Å². The van der Waals surface area contributed by atoms with E-state index in [1.54, 1.807) is 18.2 Å². The SMILES string of the molecule is C=C(C#N)CNc1c(C(N)=O)ccc2ccc(-c3cccc(C(=O)NCCN4CCOCC4)n3)cc12. The lowest BCUT2D eigenvalue weighted by molar-refractivity contribution is 0.0383. The number of amides is 2. The van der Waals surface area contributed by atoms with Crippen molar-refractivity contribution in [1.29, 1.82) is 5.26 Å². The fourth-order valence-corrected chi connectivity index (χ4v) is 4.07. The number of benzene rings is 2. The van der Waals surface area contributed by atoms with Crippen molar-refractivity contribution in [3.63, 3.8) is 0 Å². The monoisotopic (exact) mass is 484 g/mol. The summed E-state index contributed by atoms with van der Waals surface area (Å²) in [6, 6.07) is 16.5. The highest BCUT2D eigenvalue weighted by atomic mass is 16.5. The molecule has 184 valence electrons. The summed E-state index contributed by atoms with van der Waals surface area (Å²) < 4.78 is 5.35. The second kappa shape index (κ2) is 11.4. The highest BCUT2D eigenvalue weighted by Crippen LogP contribution is 2.31. The van der Waals surface area contributed by atoms with Crippen molar-refractivity contribution in [2.45, 2.75) is 0 Å². The third-order valence-electron chi connectivity index (χ3n) is 6.02. The highest BCUT2D eigenvalue weighted by molar-refractivity contribution is 6.08. The molecule has 0 atom stereocenters. The van der Waals surface area contributed by atoms with Crippen LogP contribution < -0.4 is 16.4 Å². The quantitative estimate of drug-likeness (QED) is 0.398. The zero-order valence-electron chi connectivity index (χ0n) is 19.9. The molecule has 1 fully saturated rings. The van der Waals surface area contributed by atoms with Crippen molar-refractivity contribution in [2.24, 2.45) is 5.73 Å². The molecule has 2 amide bonds. The molecule has 1 saturated heterocycles. The second-order valence-electron chi connectivity index (χ2n) is 8.48. The first-order valence-electron chi connectivity index (χ1n) is 11.7. The lowest BCUT2D eigenvalue weighted by atomic mass is 9.99. The topological polar surface area (TPSA) is 133 Å². The van der Waals surface area contributed by atoms with E-state index in [9.17, 15) is 9.59 Å². The van der Waals surface area contributed by atoms with E-state index in [0.29, 0.717) is 48.0 Å². The van der Waals surface area contributed by atoms with Gasteiger partial charge in [0.2, 0.25) is 0 Å². The Kier molecular flexibility index (Phi) is 7.90. The molecular formula is C27H28N6O3. The normalized spacial score (nSPS) is 13.6. The van der Waals surface area contributed by atoms with Crippen LogP contribution in [0, 0.1) is 11.3 Å². The third kappa shape index (κ3) is 5.86. The molecule has 0 unspecified atom stereocenters. The number of nitrogens with two attached hydrogens (primary N) is 1. The predicted molar refractivity (Wildman–Crippen MR) is 139 cm³/mol. The van der Waals surface area contributed by atoms with Crippen molar-refractivity contribution < 1.29 is 14.3 Å². The Hall–Kier alpha value is -4.26. The maximum atomic E-state index is 12.7. The molecule has 4 rings (SSSR count). The summed E-state index contributed by atoms with van der Waals surface area (Å²) in [7, 11) is 0. The molecule has 0 spiro atoms. The number of carbonyl (C=O) groups excluding carboxylic acids is 2. The molecule has 1 aromatic heterocycles. The Morgan fingerprint density at radius 2 is 1.94 bits per heavy atom. The summed E-state index contributed by atoms with van der Waals surface area (Å²) in [6.07, 6.45) is 0. The van der Waals surface area contributed by atoms with Crippen molar-refractivity contribution in [3.05, 3.63) is 71.9 Å². The Morgan fingerprint density at radius 1 is 1.17 bits per heavy atom. The summed E-state index contributed by atoms with van der Waals surface area (Å²) in [5.74, 6) is -0.819. The highest BCUT2D eigenvalue weighted by Gasteiger charge is 2.15. The van der Waals surface area contributed by atoms with E-state index in [2.05, 4.69) is 27.1 Å². The number of fused-ring (bicyclic) bond motifs is 1. The molecule has 1 aliphatic rings. The van der Waals surface area contributed by atoms with E-state index >= 15 is 0 Å². The van der Waals surface area contributed by atoms with E-state index in [0.717, 1.165) is 36.0 Å². The van der Waals surface area contributed by atoms with Crippen molar-refractivity contribution in [1.82, 2.24) is 15.2 Å². The van der Waals surface area contributed by atoms with Gasteiger partial charge in [-0.15, -0.1) is 0 Å². The van der Waals surface area contributed by atoms with E-state index in [-0.39, 0.29) is 12.5 Å². The van der Waals surface area contributed by atoms with Crippen LogP contribution in [0.25, 0.3) is 22.0 Å². The second-order valence-corrected chi connectivity index (χ2v) is 8.48. The number of morpholine rings is 1. The van der Waals surface area contributed by atoms with Gasteiger partial charge in [0.1, 0.15) is 5.69 Å². The fourth-order valence-electron chi connectivity index (χ4n) is 4.07. The number of carbonyl (C=O) groups is 2. The van der Waals surface area contributed by atoms with Gasteiger partial charge in [0, 0.05) is 49.2 Å². The predicted octanol–water partition coefficient (Wildman–Crippen LogP) is 2.55. The molecule has 0 radical (unpaired) electrons. The Morgan fingerprint density at radius 3 is 2.69 bits per heavy atom. The van der Waals surface area contributed by atoms with Gasteiger partial charge >= 0.3 is 0 Å². The van der Waals surface area contributed by atoms with Crippen molar-refractivity contribution >= 4 is 28.3 Å². The summed E-state index contributed by atoms with van der Waals surface area (Å²) in [4.78, 5) is 31.6. The molecule has 0 saturated carbocycles. The maximum Gasteiger partial charge on any atom is 0.269 e. The van der Waals surface area contributed by atoms with Crippen LogP contribution in [-0.4, -0.2) is 67.6 Å². The van der Waals surface area contributed by atoms with Gasteiger partial charge in [0.25, 0.3) is 11.8 Å². The number of pyridine rings is 1. The number of rotatable bonds is 9. The number of hydrogen-bond acceptors (Lipinski definition) is 7. The number of hydrogen-bond donors (Lipinski definition) is 3. The molecule has 0 aliphatic carbocycles. The van der Waals surface area contributed by atoms with Crippen molar-refractivity contribution in [2.75, 3.05) is 51.3 Å². The molecule has 9 heteroatoms. The van der Waals surface area contributed by atoms with E-state index in [1.165, 1.54) is 0 Å². The van der Waals surface area contributed by atoms with Crippen LogP contribution in [0.5, 0.6) is 0 Å². The summed E-state index contributed by atoms with van der Waals surface area (Å²) in [6.45, 7) is 8.32. The molecule has 2 aromatic carbocycles. The van der Waals surface area contributed by atoms with E-state index in [1.807, 2.05) is 36.4 Å². The standard InChI is InChI=1S/C27H28N6O3/c1-18(16-28)17-31-25-21(26(29)34)8-7-19-5-6-20(15-22(19)25)23-3-2-4-24(32-23)27(35)30-9-10-33-11-13-36-14-12-33/h2-8,15,31H,1,9-14,17H2,(H2,29,34)(H,30,35). The Balaban J connectivity index is 1.57. The number of nitriles is 1. The summed E-state index contributed by atoms with van der Waals surface area (Å²) >= 11 is 0. The van der Waals surface area contributed by atoms with Crippen LogP contribution in [-0.2, 0) is 4.74 Å². The van der Waals surface area contributed by atoms with Crippen LogP contribution in [0.15, 0.2) is 60.7 Å². The largest absolute Gasteiger partial charge is 0.379 e. The lowest BCUT2D eigenvalue weighted by Crippen LogP contribution is -2.41. The first kappa shape index (κ1) is 24.9. The van der Waals surface area contributed by atoms with Gasteiger partial charge in [-0.3, -0.25) is 14.5 Å². The fraction of sp³-hybridized carbons (Fsp3) is 0.259. The third-order valence-corrected chi connectivity index (χ3v) is 6.02. The van der Waals surface area contributed by atoms with Gasteiger partial charge in [-0.25, -0.2) is 4.98 Å². The Labute approximate surface area is 209 Å². The number of primary amides is 1. The van der Waals surface area contributed by atoms with Gasteiger partial charge in [-0.1, -0.05) is 30.8 Å². The van der Waals surface area contributed by atoms with Crippen LogP contribution in [0.1, 0.15) is 20.8 Å². The summed E-state index contributed by atoms with van der Waals surface area (Å²) in [5, 5.41) is 16.8.